The highest BCUT2D eigenvalue weighted by atomic mass is 16.5. The van der Waals surface area contributed by atoms with Gasteiger partial charge in [-0.1, -0.05) is 54.6 Å². The van der Waals surface area contributed by atoms with Crippen molar-refractivity contribution in [1.29, 1.82) is 0 Å². The summed E-state index contributed by atoms with van der Waals surface area (Å²) >= 11 is 0. The Morgan fingerprint density at radius 3 is 2.15 bits per heavy atom. The van der Waals surface area contributed by atoms with Gasteiger partial charge >= 0.3 is 5.97 Å². The van der Waals surface area contributed by atoms with E-state index >= 15 is 0 Å². The molecule has 3 rings (SSSR count). The van der Waals surface area contributed by atoms with Gasteiger partial charge in [-0.05, 0) is 53.8 Å². The minimum atomic E-state index is -1.03. The third-order valence-corrected chi connectivity index (χ3v) is 5.39. The molecule has 3 aromatic rings. The number of ether oxygens (including phenoxy) is 1. The van der Waals surface area contributed by atoms with Crippen LogP contribution in [0.1, 0.15) is 28.8 Å². The van der Waals surface area contributed by atoms with Gasteiger partial charge in [0.2, 0.25) is 5.91 Å². The topological polar surface area (TPSA) is 105 Å². The number of hydrogen-bond donors (Lipinski definition) is 3. The zero-order chi connectivity index (χ0) is 24.3. The average molecular weight is 461 g/mol. The van der Waals surface area contributed by atoms with Crippen LogP contribution < -0.4 is 15.4 Å². The van der Waals surface area contributed by atoms with Crippen molar-refractivity contribution in [2.24, 2.45) is 0 Å². The van der Waals surface area contributed by atoms with E-state index < -0.39 is 23.8 Å². The van der Waals surface area contributed by atoms with E-state index in [1.54, 1.807) is 19.2 Å². The molecular weight excluding hydrogens is 432 g/mol. The molecule has 0 bridgehead atoms. The number of carbonyl (C=O) groups is 3. The quantitative estimate of drug-likeness (QED) is 0.405. The maximum absolute atomic E-state index is 12.8. The normalized spacial score (nSPS) is 11.3. The SMILES string of the molecule is COc1ccc(CCNC(=O)[C@H](CCC(=O)O)NC(=O)c2ccc(-c3ccccc3)cc2)cc1. The van der Waals surface area contributed by atoms with Gasteiger partial charge in [0.05, 0.1) is 7.11 Å². The Labute approximate surface area is 198 Å². The summed E-state index contributed by atoms with van der Waals surface area (Å²) < 4.78 is 5.13. The monoisotopic (exact) mass is 460 g/mol. The van der Waals surface area contributed by atoms with Crippen molar-refractivity contribution in [2.45, 2.75) is 25.3 Å². The molecule has 0 unspecified atom stereocenters. The third kappa shape index (κ3) is 7.20. The van der Waals surface area contributed by atoms with Crippen LogP contribution >= 0.6 is 0 Å². The van der Waals surface area contributed by atoms with Crippen LogP contribution in [-0.2, 0) is 16.0 Å². The van der Waals surface area contributed by atoms with Gasteiger partial charge < -0.3 is 20.5 Å². The molecule has 7 nitrogen and oxygen atoms in total. The van der Waals surface area contributed by atoms with E-state index in [2.05, 4.69) is 10.6 Å². The predicted molar refractivity (Wildman–Crippen MR) is 130 cm³/mol. The molecule has 0 aromatic heterocycles. The molecule has 0 radical (unpaired) electrons. The number of carboxylic acids is 1. The van der Waals surface area contributed by atoms with Gasteiger partial charge in [0.1, 0.15) is 11.8 Å². The van der Waals surface area contributed by atoms with Crippen LogP contribution in [0.5, 0.6) is 5.75 Å². The number of rotatable bonds is 11. The van der Waals surface area contributed by atoms with Gasteiger partial charge in [0.25, 0.3) is 5.91 Å². The third-order valence-electron chi connectivity index (χ3n) is 5.39. The molecule has 7 heteroatoms. The fraction of sp³-hybridized carbons (Fsp3) is 0.222. The van der Waals surface area contributed by atoms with E-state index in [-0.39, 0.29) is 12.8 Å². The molecule has 0 saturated heterocycles. The second kappa shape index (κ2) is 12.2. The molecule has 34 heavy (non-hydrogen) atoms. The van der Waals surface area contributed by atoms with Gasteiger partial charge in [0.15, 0.2) is 0 Å². The highest BCUT2D eigenvalue weighted by Crippen LogP contribution is 2.19. The predicted octanol–water partition coefficient (Wildman–Crippen LogP) is 3.68. The molecule has 3 N–H and O–H groups in total. The number of carboxylic acid groups (broad SMARTS) is 1. The van der Waals surface area contributed by atoms with Crippen molar-refractivity contribution < 1.29 is 24.2 Å². The first-order chi connectivity index (χ1) is 16.5. The van der Waals surface area contributed by atoms with Crippen molar-refractivity contribution in [3.8, 4) is 16.9 Å². The lowest BCUT2D eigenvalue weighted by molar-refractivity contribution is -0.137. The molecule has 1 atom stereocenters. The smallest absolute Gasteiger partial charge is 0.303 e. The Hall–Kier alpha value is -4.13. The van der Waals surface area contributed by atoms with E-state index in [9.17, 15) is 14.4 Å². The van der Waals surface area contributed by atoms with E-state index in [0.717, 1.165) is 22.4 Å². The van der Waals surface area contributed by atoms with Crippen molar-refractivity contribution in [2.75, 3.05) is 13.7 Å². The van der Waals surface area contributed by atoms with Crippen LogP contribution in [0.15, 0.2) is 78.9 Å². The molecule has 0 aliphatic carbocycles. The van der Waals surface area contributed by atoms with E-state index in [1.807, 2.05) is 66.7 Å². The summed E-state index contributed by atoms with van der Waals surface area (Å²) in [6.07, 6.45) is 0.359. The standard InChI is InChI=1S/C27H28N2O5/c1-34-23-13-7-19(8-14-23)17-18-28-27(33)24(15-16-25(30)31)29-26(32)22-11-9-21(10-12-22)20-5-3-2-4-6-20/h2-14,24H,15-18H2,1H3,(H,28,33)(H,29,32)(H,30,31)/t24-/m0/s1. The van der Waals surface area contributed by atoms with Crippen LogP contribution in [0, 0.1) is 0 Å². The molecule has 176 valence electrons. The number of hydrogen-bond acceptors (Lipinski definition) is 4. The minimum Gasteiger partial charge on any atom is -0.497 e. The van der Waals surface area contributed by atoms with Crippen molar-refractivity contribution >= 4 is 17.8 Å². The average Bonchev–Trinajstić information content (AvgIpc) is 2.87. The second-order valence-corrected chi connectivity index (χ2v) is 7.79. The summed E-state index contributed by atoms with van der Waals surface area (Å²) in [6.45, 7) is 0.358. The van der Waals surface area contributed by atoms with Gasteiger partial charge in [-0.3, -0.25) is 14.4 Å². The van der Waals surface area contributed by atoms with Crippen LogP contribution in [0.2, 0.25) is 0 Å². The maximum Gasteiger partial charge on any atom is 0.303 e. The van der Waals surface area contributed by atoms with Crippen LogP contribution in [-0.4, -0.2) is 42.6 Å². The first-order valence-electron chi connectivity index (χ1n) is 11.0. The van der Waals surface area contributed by atoms with Gasteiger partial charge in [0, 0.05) is 18.5 Å². The van der Waals surface area contributed by atoms with E-state index in [0.29, 0.717) is 18.5 Å². The zero-order valence-electron chi connectivity index (χ0n) is 19.0. The second-order valence-electron chi connectivity index (χ2n) is 7.79. The maximum atomic E-state index is 12.8. The fourth-order valence-electron chi connectivity index (χ4n) is 3.47. The zero-order valence-corrected chi connectivity index (χ0v) is 19.0. The lowest BCUT2D eigenvalue weighted by Crippen LogP contribution is -2.47. The summed E-state index contributed by atoms with van der Waals surface area (Å²) in [4.78, 5) is 36.5. The summed E-state index contributed by atoms with van der Waals surface area (Å²) in [5, 5.41) is 14.5. The molecule has 0 aliphatic rings. The molecule has 0 spiro atoms. The van der Waals surface area contributed by atoms with Gasteiger partial charge in [-0.2, -0.15) is 0 Å². The molecule has 0 saturated carbocycles. The number of aliphatic carboxylic acids is 1. The lowest BCUT2D eigenvalue weighted by Gasteiger charge is -2.18. The number of carbonyl (C=O) groups excluding carboxylic acids is 2. The summed E-state index contributed by atoms with van der Waals surface area (Å²) in [6, 6.07) is 23.4. The molecule has 0 aliphatic heterocycles. The highest BCUT2D eigenvalue weighted by molar-refractivity contribution is 5.98. The summed E-state index contributed by atoms with van der Waals surface area (Å²) in [7, 11) is 1.60. The Bertz CT molecular complexity index is 1100. The molecule has 2 amide bonds. The molecule has 3 aromatic carbocycles. The van der Waals surface area contributed by atoms with Crippen LogP contribution in [0.3, 0.4) is 0 Å². The van der Waals surface area contributed by atoms with Gasteiger partial charge in [-0.15, -0.1) is 0 Å². The van der Waals surface area contributed by atoms with Crippen molar-refractivity contribution in [3.05, 3.63) is 90.0 Å². The van der Waals surface area contributed by atoms with E-state index in [4.69, 9.17) is 9.84 Å². The van der Waals surface area contributed by atoms with E-state index in [1.165, 1.54) is 0 Å². The minimum absolute atomic E-state index is 0.00244. The Kier molecular flexibility index (Phi) is 8.80. The van der Waals surface area contributed by atoms with Crippen LogP contribution in [0.4, 0.5) is 0 Å². The number of methoxy groups -OCH3 is 1. The lowest BCUT2D eigenvalue weighted by atomic mass is 10.0. The molecular formula is C27H28N2O5. The summed E-state index contributed by atoms with van der Waals surface area (Å²) in [5.41, 5.74) is 3.41. The van der Waals surface area contributed by atoms with Crippen LogP contribution in [0.25, 0.3) is 11.1 Å². The first kappa shape index (κ1) is 24.5. The molecule has 0 fully saturated rings. The number of amides is 2. The number of nitrogens with one attached hydrogen (secondary N) is 2. The Morgan fingerprint density at radius 2 is 1.53 bits per heavy atom. The largest absolute Gasteiger partial charge is 0.497 e. The fourth-order valence-corrected chi connectivity index (χ4v) is 3.47. The first-order valence-corrected chi connectivity index (χ1v) is 11.0. The van der Waals surface area contributed by atoms with Crippen molar-refractivity contribution in [3.63, 3.8) is 0 Å². The highest BCUT2D eigenvalue weighted by Gasteiger charge is 2.22. The molecule has 0 heterocycles. The van der Waals surface area contributed by atoms with Gasteiger partial charge in [-0.25, -0.2) is 0 Å². The van der Waals surface area contributed by atoms with Crippen molar-refractivity contribution in [1.82, 2.24) is 10.6 Å². The summed E-state index contributed by atoms with van der Waals surface area (Å²) in [5.74, 6) is -1.12. The Morgan fingerprint density at radius 1 is 0.882 bits per heavy atom. The Balaban J connectivity index is 1.59. The number of benzene rings is 3.